The average molecular weight is 327 g/mol. The molecular weight excluding hydrogens is 306 g/mol. The molecule has 0 spiro atoms. The van der Waals surface area contributed by atoms with Crippen LogP contribution in [0.5, 0.6) is 5.75 Å². The lowest BCUT2D eigenvalue weighted by molar-refractivity contribution is -0.141. The Labute approximate surface area is 141 Å². The van der Waals surface area contributed by atoms with Crippen LogP contribution in [0.15, 0.2) is 48.5 Å². The van der Waals surface area contributed by atoms with E-state index in [0.717, 1.165) is 11.1 Å². The highest BCUT2D eigenvalue weighted by molar-refractivity contribution is 5.96. The number of hydrogen-bond acceptors (Lipinski definition) is 4. The van der Waals surface area contributed by atoms with E-state index in [4.69, 9.17) is 9.47 Å². The number of carbonyl (C=O) groups is 2. The van der Waals surface area contributed by atoms with Crippen LogP contribution in [0.4, 0.5) is 0 Å². The largest absolute Gasteiger partial charge is 0.497 e. The highest BCUT2D eigenvalue weighted by Gasteiger charge is 2.20. The Bertz CT molecular complexity index is 727. The Hall–Kier alpha value is -2.82. The predicted molar refractivity (Wildman–Crippen MR) is 90.9 cm³/mol. The second-order valence-corrected chi connectivity index (χ2v) is 5.40. The van der Waals surface area contributed by atoms with Gasteiger partial charge in [0.1, 0.15) is 12.3 Å². The molecule has 0 aliphatic carbocycles. The van der Waals surface area contributed by atoms with Crippen LogP contribution in [0.2, 0.25) is 0 Å². The van der Waals surface area contributed by atoms with Gasteiger partial charge in [0, 0.05) is 12.1 Å². The zero-order chi connectivity index (χ0) is 17.5. The maximum absolute atomic E-state index is 12.8. The number of methoxy groups -OCH3 is 2. The summed E-state index contributed by atoms with van der Waals surface area (Å²) in [5.74, 6) is -0.114. The number of amides is 1. The maximum atomic E-state index is 12.8. The van der Waals surface area contributed by atoms with Gasteiger partial charge in [0.25, 0.3) is 5.91 Å². The van der Waals surface area contributed by atoms with Gasteiger partial charge in [-0.15, -0.1) is 0 Å². The predicted octanol–water partition coefficient (Wildman–Crippen LogP) is 2.82. The molecule has 0 saturated heterocycles. The minimum absolute atomic E-state index is 0.110. The third kappa shape index (κ3) is 4.35. The SMILES string of the molecule is COC(=O)CN(Cc1ccccc1C)C(=O)c1cccc(OC)c1. The molecule has 5 heteroatoms. The minimum atomic E-state index is -0.458. The van der Waals surface area contributed by atoms with Gasteiger partial charge in [-0.3, -0.25) is 9.59 Å². The molecule has 0 N–H and O–H groups in total. The van der Waals surface area contributed by atoms with Gasteiger partial charge in [-0.2, -0.15) is 0 Å². The van der Waals surface area contributed by atoms with E-state index >= 15 is 0 Å². The van der Waals surface area contributed by atoms with Gasteiger partial charge >= 0.3 is 5.97 Å². The molecule has 0 aliphatic heterocycles. The molecular formula is C19H21NO4. The van der Waals surface area contributed by atoms with Crippen LogP contribution in [-0.2, 0) is 16.1 Å². The average Bonchev–Trinajstić information content (AvgIpc) is 2.62. The molecule has 24 heavy (non-hydrogen) atoms. The number of nitrogens with zero attached hydrogens (tertiary/aromatic N) is 1. The van der Waals surface area contributed by atoms with E-state index in [1.807, 2.05) is 31.2 Å². The zero-order valence-corrected chi connectivity index (χ0v) is 14.1. The maximum Gasteiger partial charge on any atom is 0.325 e. The molecule has 2 rings (SSSR count). The van der Waals surface area contributed by atoms with Crippen LogP contribution >= 0.6 is 0 Å². The van der Waals surface area contributed by atoms with Crippen molar-refractivity contribution in [2.24, 2.45) is 0 Å². The van der Waals surface area contributed by atoms with Gasteiger partial charge in [0.2, 0.25) is 0 Å². The van der Waals surface area contributed by atoms with Crippen molar-refractivity contribution >= 4 is 11.9 Å². The van der Waals surface area contributed by atoms with Gasteiger partial charge in [0.15, 0.2) is 0 Å². The number of esters is 1. The summed E-state index contributed by atoms with van der Waals surface area (Å²) >= 11 is 0. The first-order valence-corrected chi connectivity index (χ1v) is 7.59. The molecule has 0 atom stereocenters. The van der Waals surface area contributed by atoms with Gasteiger partial charge in [-0.1, -0.05) is 30.3 Å². The summed E-state index contributed by atoms with van der Waals surface area (Å²) in [6, 6.07) is 14.6. The molecule has 126 valence electrons. The summed E-state index contributed by atoms with van der Waals surface area (Å²) in [6.07, 6.45) is 0. The van der Waals surface area contributed by atoms with Crippen LogP contribution in [-0.4, -0.2) is 37.5 Å². The second-order valence-electron chi connectivity index (χ2n) is 5.40. The monoisotopic (exact) mass is 327 g/mol. The van der Waals surface area contributed by atoms with Crippen LogP contribution in [0.1, 0.15) is 21.5 Å². The van der Waals surface area contributed by atoms with E-state index in [1.54, 1.807) is 31.4 Å². The van der Waals surface area contributed by atoms with Gasteiger partial charge in [-0.25, -0.2) is 0 Å². The van der Waals surface area contributed by atoms with Crippen molar-refractivity contribution in [3.63, 3.8) is 0 Å². The lowest BCUT2D eigenvalue weighted by Gasteiger charge is -2.22. The van der Waals surface area contributed by atoms with Crippen molar-refractivity contribution in [2.45, 2.75) is 13.5 Å². The highest BCUT2D eigenvalue weighted by Crippen LogP contribution is 2.17. The number of hydrogen-bond donors (Lipinski definition) is 0. The number of benzene rings is 2. The van der Waals surface area contributed by atoms with Crippen molar-refractivity contribution in [2.75, 3.05) is 20.8 Å². The molecule has 0 fully saturated rings. The van der Waals surface area contributed by atoms with E-state index in [-0.39, 0.29) is 12.5 Å². The van der Waals surface area contributed by atoms with E-state index in [9.17, 15) is 9.59 Å². The molecule has 0 unspecified atom stereocenters. The standard InChI is InChI=1S/C19H21NO4/c1-14-7-4-5-8-16(14)12-20(13-18(21)24-3)19(22)15-9-6-10-17(11-15)23-2/h4-11H,12-13H2,1-3H3. The topological polar surface area (TPSA) is 55.8 Å². The molecule has 1 amide bonds. The molecule has 0 heterocycles. The van der Waals surface area contributed by atoms with E-state index in [0.29, 0.717) is 17.9 Å². The lowest BCUT2D eigenvalue weighted by atomic mass is 10.1. The van der Waals surface area contributed by atoms with Crippen molar-refractivity contribution in [3.8, 4) is 5.75 Å². The summed E-state index contributed by atoms with van der Waals surface area (Å²) in [5.41, 5.74) is 2.51. The molecule has 0 bridgehead atoms. The molecule has 5 nitrogen and oxygen atoms in total. The fraction of sp³-hybridized carbons (Fsp3) is 0.263. The summed E-state index contributed by atoms with van der Waals surface area (Å²) in [4.78, 5) is 26.0. The fourth-order valence-corrected chi connectivity index (χ4v) is 2.35. The number of aryl methyl sites for hydroxylation is 1. The summed E-state index contributed by atoms with van der Waals surface area (Å²) in [7, 11) is 2.85. The quantitative estimate of drug-likeness (QED) is 0.766. The minimum Gasteiger partial charge on any atom is -0.497 e. The Kier molecular flexibility index (Phi) is 5.95. The van der Waals surface area contributed by atoms with Crippen LogP contribution in [0.25, 0.3) is 0 Å². The number of ether oxygens (including phenoxy) is 2. The van der Waals surface area contributed by atoms with Crippen LogP contribution in [0.3, 0.4) is 0 Å². The second kappa shape index (κ2) is 8.15. The van der Waals surface area contributed by atoms with Gasteiger partial charge < -0.3 is 14.4 Å². The molecule has 2 aromatic rings. The Morgan fingerprint density at radius 1 is 1.04 bits per heavy atom. The van der Waals surface area contributed by atoms with Gasteiger partial charge in [-0.05, 0) is 36.2 Å². The lowest BCUT2D eigenvalue weighted by Crippen LogP contribution is -2.36. The first-order valence-electron chi connectivity index (χ1n) is 7.59. The highest BCUT2D eigenvalue weighted by atomic mass is 16.5. The molecule has 0 aromatic heterocycles. The Morgan fingerprint density at radius 3 is 2.46 bits per heavy atom. The summed E-state index contributed by atoms with van der Waals surface area (Å²) in [6.45, 7) is 2.19. The Balaban J connectivity index is 2.29. The smallest absolute Gasteiger partial charge is 0.325 e. The first kappa shape index (κ1) is 17.5. The van der Waals surface area contributed by atoms with Crippen molar-refractivity contribution in [1.82, 2.24) is 4.90 Å². The first-order chi connectivity index (χ1) is 11.5. The van der Waals surface area contributed by atoms with Crippen molar-refractivity contribution < 1.29 is 19.1 Å². The van der Waals surface area contributed by atoms with Crippen molar-refractivity contribution in [1.29, 1.82) is 0 Å². The molecule has 2 aromatic carbocycles. The van der Waals surface area contributed by atoms with Gasteiger partial charge in [0.05, 0.1) is 14.2 Å². The van der Waals surface area contributed by atoms with E-state index in [1.165, 1.54) is 12.0 Å². The normalized spacial score (nSPS) is 10.1. The van der Waals surface area contributed by atoms with E-state index < -0.39 is 5.97 Å². The summed E-state index contributed by atoms with van der Waals surface area (Å²) < 4.78 is 9.88. The number of carbonyl (C=O) groups excluding carboxylic acids is 2. The molecule has 0 aliphatic rings. The molecule has 0 saturated carbocycles. The van der Waals surface area contributed by atoms with Crippen molar-refractivity contribution in [3.05, 3.63) is 65.2 Å². The Morgan fingerprint density at radius 2 is 1.79 bits per heavy atom. The van der Waals surface area contributed by atoms with Crippen LogP contribution in [0, 0.1) is 6.92 Å². The third-order valence-corrected chi connectivity index (χ3v) is 3.77. The summed E-state index contributed by atoms with van der Waals surface area (Å²) in [5, 5.41) is 0. The molecule has 0 radical (unpaired) electrons. The van der Waals surface area contributed by atoms with Crippen LogP contribution < -0.4 is 4.74 Å². The zero-order valence-electron chi connectivity index (χ0n) is 14.1. The van der Waals surface area contributed by atoms with E-state index in [2.05, 4.69) is 0 Å². The number of rotatable bonds is 6. The fourth-order valence-electron chi connectivity index (χ4n) is 2.35. The third-order valence-electron chi connectivity index (χ3n) is 3.77.